The largest absolute Gasteiger partial charge is 2.00 e. The molecule has 0 spiro atoms. The number of aliphatic hydroxyl groups is 1. The van der Waals surface area contributed by atoms with Crippen LogP contribution in [0.3, 0.4) is 0 Å². The van der Waals surface area contributed by atoms with E-state index in [-0.39, 0.29) is 54.4 Å². The summed E-state index contributed by atoms with van der Waals surface area (Å²) in [4.78, 5) is 25.4. The van der Waals surface area contributed by atoms with Gasteiger partial charge in [0.25, 0.3) is 0 Å². The Kier molecular flexibility index (Phi) is 9.51. The Morgan fingerprint density at radius 2 is 1.78 bits per heavy atom. The molecular formula is C29H21ClFNO3U. The van der Waals surface area contributed by atoms with Crippen LogP contribution in [0.4, 0.5) is 4.39 Å². The second-order valence-electron chi connectivity index (χ2n) is 8.02. The second-order valence-corrected chi connectivity index (χ2v) is 8.46. The summed E-state index contributed by atoms with van der Waals surface area (Å²) < 4.78 is 15.4. The van der Waals surface area contributed by atoms with E-state index in [4.69, 9.17) is 11.6 Å². The fraction of sp³-hybridized carbons (Fsp3) is 0.103. The minimum atomic E-state index is -0.631. The van der Waals surface area contributed by atoms with Crippen molar-refractivity contribution in [2.24, 2.45) is 0 Å². The van der Waals surface area contributed by atoms with Crippen molar-refractivity contribution in [2.75, 3.05) is 0 Å². The monoisotopic (exact) mass is 723 g/mol. The summed E-state index contributed by atoms with van der Waals surface area (Å²) in [6.07, 6.45) is 2.32. The topological polar surface area (TPSA) is 59.3 Å². The van der Waals surface area contributed by atoms with Crippen LogP contribution in [-0.2, 0) is 11.2 Å². The van der Waals surface area contributed by atoms with Crippen molar-refractivity contribution < 1.29 is 45.4 Å². The molecule has 0 fully saturated rings. The summed E-state index contributed by atoms with van der Waals surface area (Å²) in [7, 11) is 0. The number of hydrogen-bond donors (Lipinski definition) is 1. The fourth-order valence-corrected chi connectivity index (χ4v) is 4.19. The third-order valence-corrected chi connectivity index (χ3v) is 5.86. The molecule has 0 saturated heterocycles. The van der Waals surface area contributed by atoms with Gasteiger partial charge < -0.3 is 19.3 Å². The molecule has 0 radical (unpaired) electrons. The molecule has 0 aliphatic rings. The molecule has 1 N–H and O–H groups in total. The van der Waals surface area contributed by atoms with E-state index in [9.17, 15) is 19.1 Å². The molecule has 4 nitrogen and oxygen atoms in total. The SMILES string of the molecule is Cc1[c-]c(C(O)=C([C-]=O)CCc2cccc(Cl)c2)c(=O)n(-c2cccc(F)c2)c1-c1ccccc1.[U+2]. The number of aromatic nitrogens is 1. The van der Waals surface area contributed by atoms with Gasteiger partial charge in [-0.1, -0.05) is 79.0 Å². The molecule has 1 aromatic heterocycles. The van der Waals surface area contributed by atoms with Gasteiger partial charge in [0.15, 0.2) is 5.56 Å². The molecule has 0 amide bonds. The standard InChI is InChI=1S/C29H21ClFNO3.U/c1-19-15-26(28(34)22(18-33)14-13-20-7-5-10-23(30)16-20)29(35)32(25-12-6-11-24(31)17-25)27(19)21-8-3-2-4-9-21;/h2-12,16-17,34H,13-14H2,1H3;/q-2;+2. The van der Waals surface area contributed by atoms with E-state index in [2.05, 4.69) is 6.07 Å². The summed E-state index contributed by atoms with van der Waals surface area (Å²) in [6.45, 7) is 1.74. The number of aliphatic hydroxyl groups excluding tert-OH is 1. The van der Waals surface area contributed by atoms with E-state index < -0.39 is 17.1 Å². The van der Waals surface area contributed by atoms with Crippen molar-refractivity contribution in [3.05, 3.63) is 128 Å². The minimum Gasteiger partial charge on any atom is -0.593 e. The number of carbonyl (C=O) groups excluding carboxylic acids is 1. The number of pyridine rings is 1. The van der Waals surface area contributed by atoms with Crippen LogP contribution in [0, 0.1) is 49.9 Å². The van der Waals surface area contributed by atoms with E-state index in [0.29, 0.717) is 22.7 Å². The Balaban J connectivity index is 0.00000361. The first-order chi connectivity index (χ1) is 16.9. The van der Waals surface area contributed by atoms with Crippen molar-refractivity contribution in [3.8, 4) is 16.9 Å². The van der Waals surface area contributed by atoms with Crippen molar-refractivity contribution in [3.63, 3.8) is 0 Å². The van der Waals surface area contributed by atoms with E-state index in [0.717, 1.165) is 11.1 Å². The molecule has 0 aliphatic heterocycles. The summed E-state index contributed by atoms with van der Waals surface area (Å²) in [6, 6.07) is 24.9. The molecule has 0 bridgehead atoms. The van der Waals surface area contributed by atoms with Crippen LogP contribution in [0.1, 0.15) is 23.1 Å². The van der Waals surface area contributed by atoms with E-state index in [1.54, 1.807) is 37.5 Å². The van der Waals surface area contributed by atoms with Crippen LogP contribution in [0.5, 0.6) is 0 Å². The minimum absolute atomic E-state index is 0. The fourth-order valence-electron chi connectivity index (χ4n) is 3.98. The van der Waals surface area contributed by atoms with E-state index >= 15 is 0 Å². The van der Waals surface area contributed by atoms with Gasteiger partial charge >= 0.3 is 31.1 Å². The molecule has 4 aromatic rings. The van der Waals surface area contributed by atoms with Gasteiger partial charge in [-0.25, -0.2) is 4.39 Å². The van der Waals surface area contributed by atoms with Gasteiger partial charge in [-0.2, -0.15) is 0 Å². The maximum atomic E-state index is 14.1. The third-order valence-electron chi connectivity index (χ3n) is 5.62. The molecule has 1 heterocycles. The quantitative estimate of drug-likeness (QED) is 0.136. The van der Waals surface area contributed by atoms with Gasteiger partial charge in [0.05, 0.1) is 0 Å². The molecule has 0 atom stereocenters. The van der Waals surface area contributed by atoms with Crippen molar-refractivity contribution in [1.82, 2.24) is 4.57 Å². The van der Waals surface area contributed by atoms with Gasteiger partial charge in [-0.3, -0.25) is 0 Å². The first kappa shape index (κ1) is 27.7. The Morgan fingerprint density at radius 1 is 1.06 bits per heavy atom. The van der Waals surface area contributed by atoms with Crippen molar-refractivity contribution in [1.29, 1.82) is 0 Å². The maximum Gasteiger partial charge on any atom is 2.00 e. The Labute approximate surface area is 237 Å². The molecule has 36 heavy (non-hydrogen) atoms. The molecule has 4 rings (SSSR count). The molecule has 3 aromatic carbocycles. The zero-order chi connectivity index (χ0) is 24.9. The van der Waals surface area contributed by atoms with Crippen molar-refractivity contribution >= 4 is 23.6 Å². The molecular weight excluding hydrogens is 703 g/mol. The third kappa shape index (κ3) is 6.07. The average molecular weight is 724 g/mol. The first-order valence-electron chi connectivity index (χ1n) is 10.9. The molecule has 0 saturated carbocycles. The van der Waals surface area contributed by atoms with E-state index in [1.807, 2.05) is 36.4 Å². The number of aryl methyl sites for hydroxylation is 2. The van der Waals surface area contributed by atoms with Gasteiger partial charge in [-0.05, 0) is 65.6 Å². The van der Waals surface area contributed by atoms with Gasteiger partial charge in [0.1, 0.15) is 5.82 Å². The summed E-state index contributed by atoms with van der Waals surface area (Å²) in [5, 5.41) is 11.5. The van der Waals surface area contributed by atoms with Crippen LogP contribution in [0.25, 0.3) is 22.7 Å². The second kappa shape index (κ2) is 12.4. The Bertz CT molecular complexity index is 1480. The summed E-state index contributed by atoms with van der Waals surface area (Å²) in [5.41, 5.74) is 2.06. The predicted octanol–water partition coefficient (Wildman–Crippen LogP) is 6.42. The van der Waals surface area contributed by atoms with Crippen LogP contribution >= 0.6 is 11.6 Å². The normalized spacial score (nSPS) is 11.4. The predicted molar refractivity (Wildman–Crippen MR) is 136 cm³/mol. The maximum absolute atomic E-state index is 14.1. The van der Waals surface area contributed by atoms with Crippen LogP contribution in [-0.4, -0.2) is 16.0 Å². The van der Waals surface area contributed by atoms with Crippen LogP contribution in [0.15, 0.2) is 89.2 Å². The smallest absolute Gasteiger partial charge is 0.593 e. The Morgan fingerprint density at radius 3 is 2.44 bits per heavy atom. The number of rotatable bonds is 7. The van der Waals surface area contributed by atoms with Gasteiger partial charge in [-0.15, -0.1) is 17.2 Å². The van der Waals surface area contributed by atoms with Crippen molar-refractivity contribution in [2.45, 2.75) is 19.8 Å². The number of allylic oxidation sites excluding steroid dienone is 1. The molecule has 0 unspecified atom stereocenters. The molecule has 178 valence electrons. The number of nitrogens with zero attached hydrogens (tertiary/aromatic N) is 1. The van der Waals surface area contributed by atoms with Crippen LogP contribution < -0.4 is 5.56 Å². The first-order valence-corrected chi connectivity index (χ1v) is 11.3. The van der Waals surface area contributed by atoms with Gasteiger partial charge in [0, 0.05) is 10.7 Å². The zero-order valence-electron chi connectivity index (χ0n) is 19.4. The zero-order valence-corrected chi connectivity index (χ0v) is 24.3. The Hall–Kier alpha value is -2.91. The summed E-state index contributed by atoms with van der Waals surface area (Å²) >= 11 is 6.03. The molecule has 0 aliphatic carbocycles. The van der Waals surface area contributed by atoms with E-state index in [1.165, 1.54) is 22.8 Å². The summed E-state index contributed by atoms with van der Waals surface area (Å²) in [5.74, 6) is -1.01. The van der Waals surface area contributed by atoms with Gasteiger partial charge in [0.2, 0.25) is 0 Å². The number of halogens is 2. The molecule has 7 heteroatoms. The average Bonchev–Trinajstić information content (AvgIpc) is 2.85. The van der Waals surface area contributed by atoms with Crippen LogP contribution in [0.2, 0.25) is 5.02 Å². The number of hydrogen-bond acceptors (Lipinski definition) is 3. The number of benzene rings is 3.